The molecule has 0 bridgehead atoms. The fraction of sp³-hybridized carbons (Fsp3) is 0.333. The van der Waals surface area contributed by atoms with Gasteiger partial charge in [-0.05, 0) is 48.0 Å². The van der Waals surface area contributed by atoms with Crippen molar-refractivity contribution in [1.82, 2.24) is 0 Å². The summed E-state index contributed by atoms with van der Waals surface area (Å²) < 4.78 is 17.2. The van der Waals surface area contributed by atoms with Crippen LogP contribution in [0.25, 0.3) is 0 Å². The average Bonchev–Trinajstić information content (AvgIpc) is 2.88. The van der Waals surface area contributed by atoms with Crippen LogP contribution in [0.5, 0.6) is 11.5 Å². The van der Waals surface area contributed by atoms with E-state index in [1.807, 2.05) is 13.8 Å². The molecule has 2 rings (SSSR count). The molecule has 6 heteroatoms. The molecule has 1 unspecified atom stereocenters. The van der Waals surface area contributed by atoms with Gasteiger partial charge in [0.15, 0.2) is 16.2 Å². The fourth-order valence-corrected chi connectivity index (χ4v) is 2.83. The minimum absolute atomic E-state index is 0.501. The Balaban J connectivity index is 2.40. The second-order valence-corrected chi connectivity index (χ2v) is 5.82. The van der Waals surface area contributed by atoms with E-state index < -0.39 is 5.38 Å². The number of furan rings is 1. The molecule has 1 heterocycles. The quantitative estimate of drug-likeness (QED) is 0.579. The molecule has 0 aliphatic rings. The highest BCUT2D eigenvalue weighted by molar-refractivity contribution is 9.10. The Hall–Kier alpha value is -0.840. The maximum atomic E-state index is 6.46. The molecule has 0 N–H and O–H groups in total. The van der Waals surface area contributed by atoms with Gasteiger partial charge in [-0.2, -0.15) is 0 Å². The van der Waals surface area contributed by atoms with Crippen LogP contribution in [0.15, 0.2) is 33.4 Å². The van der Waals surface area contributed by atoms with E-state index in [9.17, 15) is 0 Å². The van der Waals surface area contributed by atoms with Crippen molar-refractivity contribution in [2.45, 2.75) is 19.2 Å². The van der Waals surface area contributed by atoms with Crippen molar-refractivity contribution in [3.05, 3.63) is 45.3 Å². The summed E-state index contributed by atoms with van der Waals surface area (Å²) in [5.41, 5.74) is 0.715. The molecule has 2 aromatic rings. The Kier molecular flexibility index (Phi) is 5.85. The highest BCUT2D eigenvalue weighted by Crippen LogP contribution is 2.41. The van der Waals surface area contributed by atoms with E-state index in [1.165, 1.54) is 0 Å². The van der Waals surface area contributed by atoms with E-state index in [0.29, 0.717) is 45.7 Å². The number of alkyl halides is 1. The summed E-state index contributed by atoms with van der Waals surface area (Å²) in [6.07, 6.45) is 0. The van der Waals surface area contributed by atoms with Crippen LogP contribution in [0.1, 0.15) is 30.5 Å². The van der Waals surface area contributed by atoms with E-state index in [2.05, 4.69) is 15.9 Å². The molecule has 0 aliphatic carbocycles. The summed E-state index contributed by atoms with van der Waals surface area (Å²) in [5, 5.41) is 0.00751. The van der Waals surface area contributed by atoms with Crippen molar-refractivity contribution >= 4 is 39.1 Å². The lowest BCUT2D eigenvalue weighted by atomic mass is 10.1. The van der Waals surface area contributed by atoms with Crippen LogP contribution in [-0.2, 0) is 0 Å². The van der Waals surface area contributed by atoms with Crippen molar-refractivity contribution in [3.63, 3.8) is 0 Å². The van der Waals surface area contributed by atoms with E-state index >= 15 is 0 Å². The van der Waals surface area contributed by atoms with Gasteiger partial charge in [0.05, 0.1) is 13.2 Å². The molecule has 1 atom stereocenters. The van der Waals surface area contributed by atoms with Gasteiger partial charge in [0.25, 0.3) is 0 Å². The predicted molar refractivity (Wildman–Crippen MR) is 87.9 cm³/mol. The zero-order chi connectivity index (χ0) is 15.4. The van der Waals surface area contributed by atoms with Gasteiger partial charge in [-0.15, -0.1) is 11.6 Å². The van der Waals surface area contributed by atoms with Crippen LogP contribution in [-0.4, -0.2) is 13.2 Å². The molecular formula is C15H15BrCl2O3. The summed E-state index contributed by atoms with van der Waals surface area (Å²) in [7, 11) is 0. The predicted octanol–water partition coefficient (Wildman–Crippen LogP) is 5.82. The SMILES string of the molecule is CCOc1cc(Cl)c(C(Cl)c2ccc(Br)o2)cc1OCC. The number of ether oxygens (including phenoxy) is 2. The molecule has 21 heavy (non-hydrogen) atoms. The van der Waals surface area contributed by atoms with Gasteiger partial charge in [-0.3, -0.25) is 0 Å². The Morgan fingerprint density at radius 2 is 1.76 bits per heavy atom. The number of hydrogen-bond acceptors (Lipinski definition) is 3. The third kappa shape index (κ3) is 3.87. The molecule has 1 aromatic heterocycles. The van der Waals surface area contributed by atoms with Gasteiger partial charge in [0.1, 0.15) is 11.1 Å². The van der Waals surface area contributed by atoms with Gasteiger partial charge in [0, 0.05) is 16.7 Å². The first-order valence-corrected chi connectivity index (χ1v) is 8.15. The number of halogens is 3. The molecule has 114 valence electrons. The third-order valence-electron chi connectivity index (χ3n) is 2.78. The summed E-state index contributed by atoms with van der Waals surface area (Å²) in [6, 6.07) is 7.11. The Morgan fingerprint density at radius 1 is 1.14 bits per heavy atom. The minimum atomic E-state index is -0.501. The standard InChI is InChI=1S/C15H15BrCl2O3/c1-3-19-12-7-9(10(17)8-13(12)20-4-2)15(18)11-5-6-14(16)21-11/h5-8,15H,3-4H2,1-2H3. The van der Waals surface area contributed by atoms with E-state index in [0.717, 1.165) is 0 Å². The molecule has 0 saturated heterocycles. The average molecular weight is 394 g/mol. The molecule has 0 fully saturated rings. The highest BCUT2D eigenvalue weighted by atomic mass is 79.9. The second-order valence-electron chi connectivity index (χ2n) is 4.19. The maximum Gasteiger partial charge on any atom is 0.169 e. The zero-order valence-electron chi connectivity index (χ0n) is 11.7. The van der Waals surface area contributed by atoms with Crippen LogP contribution in [0.3, 0.4) is 0 Å². The van der Waals surface area contributed by atoms with E-state index in [-0.39, 0.29) is 0 Å². The van der Waals surface area contributed by atoms with Crippen molar-refractivity contribution in [3.8, 4) is 11.5 Å². The van der Waals surface area contributed by atoms with Crippen molar-refractivity contribution in [2.75, 3.05) is 13.2 Å². The largest absolute Gasteiger partial charge is 0.490 e. The van der Waals surface area contributed by atoms with Gasteiger partial charge < -0.3 is 13.9 Å². The van der Waals surface area contributed by atoms with E-state index in [4.69, 9.17) is 37.1 Å². The van der Waals surface area contributed by atoms with Crippen LogP contribution < -0.4 is 9.47 Å². The number of rotatable bonds is 6. The van der Waals surface area contributed by atoms with Gasteiger partial charge in [0.2, 0.25) is 0 Å². The zero-order valence-corrected chi connectivity index (χ0v) is 14.8. The Morgan fingerprint density at radius 3 is 2.29 bits per heavy atom. The molecular weight excluding hydrogens is 379 g/mol. The fourth-order valence-electron chi connectivity index (χ4n) is 1.90. The third-order valence-corrected chi connectivity index (χ3v) is 3.98. The molecule has 1 aromatic carbocycles. The maximum absolute atomic E-state index is 6.46. The molecule has 0 amide bonds. The van der Waals surface area contributed by atoms with Crippen LogP contribution in [0.2, 0.25) is 5.02 Å². The highest BCUT2D eigenvalue weighted by Gasteiger charge is 2.21. The summed E-state index contributed by atoms with van der Waals surface area (Å²) in [5.74, 6) is 1.84. The number of benzene rings is 1. The van der Waals surface area contributed by atoms with Gasteiger partial charge >= 0.3 is 0 Å². The monoisotopic (exact) mass is 392 g/mol. The lowest BCUT2D eigenvalue weighted by Gasteiger charge is -2.16. The smallest absolute Gasteiger partial charge is 0.169 e. The summed E-state index contributed by atoms with van der Waals surface area (Å²) in [4.78, 5) is 0. The van der Waals surface area contributed by atoms with Crippen molar-refractivity contribution < 1.29 is 13.9 Å². The van der Waals surface area contributed by atoms with Crippen molar-refractivity contribution in [2.24, 2.45) is 0 Å². The Labute approximate surface area is 142 Å². The van der Waals surface area contributed by atoms with Crippen LogP contribution in [0, 0.1) is 0 Å². The van der Waals surface area contributed by atoms with E-state index in [1.54, 1.807) is 24.3 Å². The summed E-state index contributed by atoms with van der Waals surface area (Å²) in [6.45, 7) is 4.87. The lowest BCUT2D eigenvalue weighted by molar-refractivity contribution is 0.287. The van der Waals surface area contributed by atoms with Gasteiger partial charge in [-0.25, -0.2) is 0 Å². The number of hydrogen-bond donors (Lipinski definition) is 0. The first-order valence-electron chi connectivity index (χ1n) is 6.55. The molecule has 3 nitrogen and oxygen atoms in total. The van der Waals surface area contributed by atoms with Gasteiger partial charge in [-0.1, -0.05) is 11.6 Å². The van der Waals surface area contributed by atoms with Crippen molar-refractivity contribution in [1.29, 1.82) is 0 Å². The van der Waals surface area contributed by atoms with Crippen LogP contribution >= 0.6 is 39.1 Å². The lowest BCUT2D eigenvalue weighted by Crippen LogP contribution is -2.01. The normalized spacial score (nSPS) is 12.2. The molecule has 0 saturated carbocycles. The first kappa shape index (κ1) is 16.5. The summed E-state index contributed by atoms with van der Waals surface area (Å²) >= 11 is 16.0. The first-order chi connectivity index (χ1) is 10.1. The van der Waals surface area contributed by atoms with Crippen LogP contribution in [0.4, 0.5) is 0 Å². The molecule has 0 radical (unpaired) electrons. The Bertz CT molecular complexity index is 613. The topological polar surface area (TPSA) is 31.6 Å². The second kappa shape index (κ2) is 7.43. The minimum Gasteiger partial charge on any atom is -0.490 e. The molecule has 0 spiro atoms. The molecule has 0 aliphatic heterocycles.